The first-order valence-corrected chi connectivity index (χ1v) is 8.54. The molecule has 2 aromatic rings. The number of carbonyl (C=O) groups excluding carboxylic acids is 1. The van der Waals surface area contributed by atoms with Gasteiger partial charge in [-0.05, 0) is 40.5 Å². The highest BCUT2D eigenvalue weighted by Crippen LogP contribution is 2.36. The summed E-state index contributed by atoms with van der Waals surface area (Å²) in [7, 11) is 0. The number of nitrogens with one attached hydrogen (secondary N) is 1. The summed E-state index contributed by atoms with van der Waals surface area (Å²) in [4.78, 5) is 14.9. The molecule has 0 unspecified atom stereocenters. The molecule has 8 nitrogen and oxygen atoms in total. The van der Waals surface area contributed by atoms with Crippen molar-refractivity contribution in [1.82, 2.24) is 4.98 Å². The van der Waals surface area contributed by atoms with Crippen molar-refractivity contribution in [2.45, 2.75) is 6.92 Å². The third kappa shape index (κ3) is 5.10. The number of benzene rings is 1. The molecule has 1 aromatic carbocycles. The first kappa shape index (κ1) is 18.0. The van der Waals surface area contributed by atoms with Gasteiger partial charge in [-0.2, -0.15) is 5.10 Å². The fourth-order valence-corrected chi connectivity index (χ4v) is 2.83. The summed E-state index contributed by atoms with van der Waals surface area (Å²) in [5, 5.41) is 6.40. The van der Waals surface area contributed by atoms with Crippen LogP contribution in [0.4, 0.5) is 10.9 Å². The van der Waals surface area contributed by atoms with Gasteiger partial charge in [0.15, 0.2) is 18.1 Å². The number of halogens is 1. The summed E-state index contributed by atoms with van der Waals surface area (Å²) in [6.07, 6.45) is 1.60. The van der Waals surface area contributed by atoms with Crippen LogP contribution in [0, 0.1) is 0 Å². The zero-order valence-corrected chi connectivity index (χ0v) is 15.2. The molecule has 0 atom stereocenters. The van der Waals surface area contributed by atoms with Crippen LogP contribution < -0.4 is 26.4 Å². The van der Waals surface area contributed by atoms with E-state index >= 15 is 0 Å². The second kappa shape index (κ2) is 8.50. The molecule has 1 aromatic heterocycles. The number of aromatic nitrogens is 1. The van der Waals surface area contributed by atoms with E-state index < -0.39 is 5.91 Å². The average Bonchev–Trinajstić information content (AvgIpc) is 2.92. The zero-order valence-electron chi connectivity index (χ0n) is 12.8. The van der Waals surface area contributed by atoms with Gasteiger partial charge in [-0.25, -0.2) is 4.98 Å². The average molecular weight is 414 g/mol. The molecule has 0 spiro atoms. The Bertz CT molecular complexity index is 750. The maximum absolute atomic E-state index is 10.9. The van der Waals surface area contributed by atoms with E-state index in [-0.39, 0.29) is 6.61 Å². The fraction of sp³-hybridized carbons (Fsp3) is 0.214. The normalized spacial score (nSPS) is 10.8. The van der Waals surface area contributed by atoms with E-state index in [1.54, 1.807) is 23.7 Å². The SMILES string of the molecule is CCOc1cc(C=NNc2nc(N)cs2)cc(Br)c1OCC(N)=O. The van der Waals surface area contributed by atoms with Crippen LogP contribution in [0.3, 0.4) is 0 Å². The van der Waals surface area contributed by atoms with E-state index in [1.165, 1.54) is 11.3 Å². The van der Waals surface area contributed by atoms with Crippen LogP contribution in [0.15, 0.2) is 27.1 Å². The lowest BCUT2D eigenvalue weighted by Crippen LogP contribution is -2.20. The third-order valence-electron chi connectivity index (χ3n) is 2.59. The number of ether oxygens (including phenoxy) is 2. The minimum Gasteiger partial charge on any atom is -0.490 e. The number of nitrogens with two attached hydrogens (primary N) is 2. The predicted molar refractivity (Wildman–Crippen MR) is 97.7 cm³/mol. The van der Waals surface area contributed by atoms with Crippen molar-refractivity contribution in [3.8, 4) is 11.5 Å². The van der Waals surface area contributed by atoms with Crippen LogP contribution in [0.1, 0.15) is 12.5 Å². The van der Waals surface area contributed by atoms with Crippen molar-refractivity contribution in [2.24, 2.45) is 10.8 Å². The van der Waals surface area contributed by atoms with Gasteiger partial charge < -0.3 is 20.9 Å². The van der Waals surface area contributed by atoms with Crippen LogP contribution in [0.25, 0.3) is 0 Å². The highest BCUT2D eigenvalue weighted by Gasteiger charge is 2.12. The van der Waals surface area contributed by atoms with Gasteiger partial charge in [0.25, 0.3) is 5.91 Å². The molecule has 1 amide bonds. The number of nitrogen functional groups attached to an aromatic ring is 1. The molecule has 0 aliphatic carbocycles. The monoisotopic (exact) mass is 413 g/mol. The first-order chi connectivity index (χ1) is 11.5. The Labute approximate surface area is 151 Å². The number of carbonyl (C=O) groups is 1. The number of hydrogen-bond donors (Lipinski definition) is 3. The van der Waals surface area contributed by atoms with Crippen molar-refractivity contribution in [1.29, 1.82) is 0 Å². The van der Waals surface area contributed by atoms with E-state index in [2.05, 4.69) is 31.4 Å². The van der Waals surface area contributed by atoms with Crippen molar-refractivity contribution >= 4 is 50.3 Å². The smallest absolute Gasteiger partial charge is 0.255 e. The number of hydrazone groups is 1. The van der Waals surface area contributed by atoms with E-state index in [4.69, 9.17) is 20.9 Å². The molecule has 0 fully saturated rings. The maximum Gasteiger partial charge on any atom is 0.255 e. The van der Waals surface area contributed by atoms with Crippen LogP contribution in [-0.4, -0.2) is 30.3 Å². The molecular weight excluding hydrogens is 398 g/mol. The summed E-state index contributed by atoms with van der Waals surface area (Å²) in [5.74, 6) is 0.762. The van der Waals surface area contributed by atoms with Crippen molar-refractivity contribution < 1.29 is 14.3 Å². The molecule has 0 aliphatic heterocycles. The Morgan fingerprint density at radius 1 is 1.50 bits per heavy atom. The summed E-state index contributed by atoms with van der Waals surface area (Å²) < 4.78 is 11.5. The Hall–Kier alpha value is -2.33. The molecule has 0 bridgehead atoms. The van der Waals surface area contributed by atoms with Gasteiger partial charge in [-0.1, -0.05) is 0 Å². The van der Waals surface area contributed by atoms with E-state index in [1.807, 2.05) is 6.92 Å². The number of amides is 1. The molecule has 10 heteroatoms. The quantitative estimate of drug-likeness (QED) is 0.449. The van der Waals surface area contributed by atoms with Gasteiger partial charge in [0.2, 0.25) is 5.13 Å². The molecule has 0 saturated heterocycles. The highest BCUT2D eigenvalue weighted by atomic mass is 79.9. The lowest BCUT2D eigenvalue weighted by atomic mass is 10.2. The molecule has 24 heavy (non-hydrogen) atoms. The lowest BCUT2D eigenvalue weighted by molar-refractivity contribution is -0.119. The van der Waals surface area contributed by atoms with Crippen molar-refractivity contribution in [2.75, 3.05) is 24.4 Å². The highest BCUT2D eigenvalue weighted by molar-refractivity contribution is 9.10. The number of hydrogen-bond acceptors (Lipinski definition) is 8. The second-order valence-corrected chi connectivity index (χ2v) is 6.18. The summed E-state index contributed by atoms with van der Waals surface area (Å²) in [6.45, 7) is 2.05. The summed E-state index contributed by atoms with van der Waals surface area (Å²) in [5.41, 5.74) is 14.2. The molecule has 128 valence electrons. The molecule has 2 rings (SSSR count). The van der Waals surface area contributed by atoms with Crippen molar-refractivity contribution in [3.63, 3.8) is 0 Å². The van der Waals surface area contributed by atoms with Crippen molar-refractivity contribution in [3.05, 3.63) is 27.5 Å². The number of primary amides is 1. The number of thiazole rings is 1. The molecule has 0 aliphatic rings. The standard InChI is InChI=1S/C14H16BrN5O3S/c1-2-22-10-4-8(3-9(15)13(10)23-6-12(17)21)5-18-20-14-19-11(16)7-24-14/h3-5,7H,2,6,16H2,1H3,(H2,17,21)(H,19,20). The third-order valence-corrected chi connectivity index (χ3v) is 3.94. The molecule has 1 heterocycles. The molecule has 5 N–H and O–H groups in total. The van der Waals surface area contributed by atoms with Crippen LogP contribution in [0.2, 0.25) is 0 Å². The van der Waals surface area contributed by atoms with Gasteiger partial charge in [-0.15, -0.1) is 11.3 Å². The summed E-state index contributed by atoms with van der Waals surface area (Å²) in [6, 6.07) is 3.52. The van der Waals surface area contributed by atoms with Gasteiger partial charge in [-0.3, -0.25) is 10.2 Å². The van der Waals surface area contributed by atoms with Crippen LogP contribution in [0.5, 0.6) is 11.5 Å². The number of rotatable bonds is 8. The topological polar surface area (TPSA) is 125 Å². The van der Waals surface area contributed by atoms with E-state index in [0.29, 0.717) is 33.5 Å². The first-order valence-electron chi connectivity index (χ1n) is 6.87. The number of anilines is 2. The minimum atomic E-state index is -0.568. The Morgan fingerprint density at radius 2 is 2.29 bits per heavy atom. The Kier molecular flexibility index (Phi) is 6.38. The lowest BCUT2D eigenvalue weighted by Gasteiger charge is -2.13. The van der Waals surface area contributed by atoms with E-state index in [9.17, 15) is 4.79 Å². The number of nitrogens with zero attached hydrogens (tertiary/aromatic N) is 2. The summed E-state index contributed by atoms with van der Waals surface area (Å²) >= 11 is 4.74. The molecule has 0 saturated carbocycles. The Morgan fingerprint density at radius 3 is 2.92 bits per heavy atom. The van der Waals surface area contributed by atoms with Crippen LogP contribution >= 0.6 is 27.3 Å². The zero-order chi connectivity index (χ0) is 17.5. The van der Waals surface area contributed by atoms with Gasteiger partial charge in [0.1, 0.15) is 5.82 Å². The minimum absolute atomic E-state index is 0.237. The Balaban J connectivity index is 2.16. The van der Waals surface area contributed by atoms with Gasteiger partial charge in [0.05, 0.1) is 17.3 Å². The van der Waals surface area contributed by atoms with E-state index in [0.717, 1.165) is 5.56 Å². The molecular formula is C14H16BrN5O3S. The predicted octanol–water partition coefficient (Wildman–Crippen LogP) is 2.20. The maximum atomic E-state index is 10.9. The van der Waals surface area contributed by atoms with Gasteiger partial charge >= 0.3 is 0 Å². The fourth-order valence-electron chi connectivity index (χ4n) is 1.71. The second-order valence-electron chi connectivity index (χ2n) is 4.47. The van der Waals surface area contributed by atoms with Crippen LogP contribution in [-0.2, 0) is 4.79 Å². The molecule has 0 radical (unpaired) electrons. The van der Waals surface area contributed by atoms with Gasteiger partial charge in [0, 0.05) is 5.38 Å². The largest absolute Gasteiger partial charge is 0.490 e.